The first-order valence-electron chi connectivity index (χ1n) is 6.36. The molecule has 0 spiro atoms. The van der Waals surface area contributed by atoms with Crippen molar-refractivity contribution in [1.29, 1.82) is 0 Å². The van der Waals surface area contributed by atoms with Crippen LogP contribution in [0.2, 0.25) is 0 Å². The zero-order valence-electron chi connectivity index (χ0n) is 11.4. The molecule has 0 radical (unpaired) electrons. The molecule has 1 aliphatic heterocycles. The molecule has 1 atom stereocenters. The van der Waals surface area contributed by atoms with Crippen molar-refractivity contribution in [2.45, 2.75) is 19.4 Å². The summed E-state index contributed by atoms with van der Waals surface area (Å²) in [6.45, 7) is 1.67. The van der Waals surface area contributed by atoms with Crippen molar-refractivity contribution in [1.82, 2.24) is 10.2 Å². The molecule has 0 saturated carbocycles. The molecule has 1 N–H and O–H groups in total. The molecule has 6 heteroatoms. The van der Waals surface area contributed by atoms with E-state index in [4.69, 9.17) is 4.74 Å². The van der Waals surface area contributed by atoms with Crippen molar-refractivity contribution in [2.75, 3.05) is 13.7 Å². The fourth-order valence-electron chi connectivity index (χ4n) is 2.26. The Morgan fingerprint density at radius 1 is 1.40 bits per heavy atom. The molecule has 0 bridgehead atoms. The number of amides is 3. The summed E-state index contributed by atoms with van der Waals surface area (Å²) in [5, 5.41) is 2.24. The summed E-state index contributed by atoms with van der Waals surface area (Å²) in [5.74, 6) is -0.863. The van der Waals surface area contributed by atoms with Gasteiger partial charge in [0.2, 0.25) is 11.8 Å². The lowest BCUT2D eigenvalue weighted by atomic mass is 10.1. The van der Waals surface area contributed by atoms with E-state index < -0.39 is 17.9 Å². The fraction of sp³-hybridized carbons (Fsp3) is 0.357. The molecule has 0 aliphatic carbocycles. The van der Waals surface area contributed by atoms with Gasteiger partial charge in [0.25, 0.3) is 5.91 Å². The van der Waals surface area contributed by atoms with Gasteiger partial charge in [-0.1, -0.05) is 19.1 Å². The lowest BCUT2D eigenvalue weighted by Gasteiger charge is -2.33. The summed E-state index contributed by atoms with van der Waals surface area (Å²) in [6.07, 6.45) is 0.444. The Hall–Kier alpha value is -2.37. The predicted molar refractivity (Wildman–Crippen MR) is 71.3 cm³/mol. The Bertz CT molecular complexity index is 556. The highest BCUT2D eigenvalue weighted by molar-refractivity contribution is 6.07. The number of ether oxygens (including phenoxy) is 1. The molecule has 1 heterocycles. The van der Waals surface area contributed by atoms with Gasteiger partial charge in [-0.25, -0.2) is 0 Å². The number of nitrogens with one attached hydrogen (secondary N) is 1. The van der Waals surface area contributed by atoms with Crippen molar-refractivity contribution in [3.63, 3.8) is 0 Å². The highest BCUT2D eigenvalue weighted by Gasteiger charge is 2.36. The molecule has 1 aliphatic rings. The lowest BCUT2D eigenvalue weighted by molar-refractivity contribution is -0.138. The second kappa shape index (κ2) is 5.73. The van der Waals surface area contributed by atoms with Crippen LogP contribution >= 0.6 is 0 Å². The summed E-state index contributed by atoms with van der Waals surface area (Å²) < 4.78 is 5.15. The van der Waals surface area contributed by atoms with Gasteiger partial charge in [-0.3, -0.25) is 19.7 Å². The minimum atomic E-state index is -0.634. The van der Waals surface area contributed by atoms with Crippen LogP contribution in [0.3, 0.4) is 0 Å². The van der Waals surface area contributed by atoms with E-state index in [2.05, 4.69) is 5.32 Å². The maximum atomic E-state index is 12.6. The van der Waals surface area contributed by atoms with Gasteiger partial charge < -0.3 is 9.64 Å². The summed E-state index contributed by atoms with van der Waals surface area (Å²) in [4.78, 5) is 37.1. The zero-order valence-corrected chi connectivity index (χ0v) is 11.4. The molecular weight excluding hydrogens is 260 g/mol. The first-order chi connectivity index (χ1) is 9.58. The SMILES string of the molecule is CCC1C(=O)NC(=O)CN1C(=O)c1ccccc1OC. The van der Waals surface area contributed by atoms with Crippen LogP contribution in [0.15, 0.2) is 24.3 Å². The Kier molecular flexibility index (Phi) is 4.02. The second-order valence-electron chi connectivity index (χ2n) is 4.47. The van der Waals surface area contributed by atoms with Crippen molar-refractivity contribution in [3.05, 3.63) is 29.8 Å². The van der Waals surface area contributed by atoms with Crippen LogP contribution in [-0.2, 0) is 9.59 Å². The third kappa shape index (κ3) is 2.49. The van der Waals surface area contributed by atoms with Gasteiger partial charge in [-0.2, -0.15) is 0 Å². The van der Waals surface area contributed by atoms with Crippen molar-refractivity contribution < 1.29 is 19.1 Å². The molecule has 106 valence electrons. The first-order valence-corrected chi connectivity index (χ1v) is 6.36. The topological polar surface area (TPSA) is 75.7 Å². The minimum absolute atomic E-state index is 0.124. The van der Waals surface area contributed by atoms with Gasteiger partial charge in [0.15, 0.2) is 0 Å². The van der Waals surface area contributed by atoms with Crippen LogP contribution < -0.4 is 10.1 Å². The van der Waals surface area contributed by atoms with Gasteiger partial charge in [-0.15, -0.1) is 0 Å². The third-order valence-corrected chi connectivity index (χ3v) is 3.24. The summed E-state index contributed by atoms with van der Waals surface area (Å²) in [6, 6.07) is 6.11. The summed E-state index contributed by atoms with van der Waals surface area (Å²) >= 11 is 0. The van der Waals surface area contributed by atoms with E-state index in [-0.39, 0.29) is 12.5 Å². The van der Waals surface area contributed by atoms with E-state index in [9.17, 15) is 14.4 Å². The first kappa shape index (κ1) is 14.0. The number of carbonyl (C=O) groups is 3. The molecule has 3 amide bonds. The molecule has 20 heavy (non-hydrogen) atoms. The average Bonchev–Trinajstić information content (AvgIpc) is 2.45. The molecule has 6 nitrogen and oxygen atoms in total. The summed E-state index contributed by atoms with van der Waals surface area (Å²) in [5.41, 5.74) is 0.343. The number of para-hydroxylation sites is 1. The maximum Gasteiger partial charge on any atom is 0.258 e. The van der Waals surface area contributed by atoms with Crippen molar-refractivity contribution in [3.8, 4) is 5.75 Å². The van der Waals surface area contributed by atoms with Crippen LogP contribution in [0.25, 0.3) is 0 Å². The number of hydrogen-bond acceptors (Lipinski definition) is 4. The molecule has 0 aromatic heterocycles. The van der Waals surface area contributed by atoms with Gasteiger partial charge in [0.05, 0.1) is 12.7 Å². The van der Waals surface area contributed by atoms with Crippen LogP contribution in [0.4, 0.5) is 0 Å². The van der Waals surface area contributed by atoms with Crippen LogP contribution in [0.1, 0.15) is 23.7 Å². The number of piperazine rings is 1. The average molecular weight is 276 g/mol. The summed E-state index contributed by atoms with van der Waals surface area (Å²) in [7, 11) is 1.47. The van der Waals surface area contributed by atoms with E-state index in [1.165, 1.54) is 12.0 Å². The highest BCUT2D eigenvalue weighted by Crippen LogP contribution is 2.22. The molecule has 1 unspecified atom stereocenters. The van der Waals surface area contributed by atoms with E-state index in [1.54, 1.807) is 31.2 Å². The highest BCUT2D eigenvalue weighted by atomic mass is 16.5. The molecule has 1 saturated heterocycles. The largest absolute Gasteiger partial charge is 0.496 e. The van der Waals surface area contributed by atoms with Gasteiger partial charge in [-0.05, 0) is 18.6 Å². The number of nitrogens with zero attached hydrogens (tertiary/aromatic N) is 1. The Balaban J connectivity index is 2.35. The van der Waals surface area contributed by atoms with Crippen molar-refractivity contribution in [2.24, 2.45) is 0 Å². The zero-order chi connectivity index (χ0) is 14.7. The molecule has 1 aromatic carbocycles. The minimum Gasteiger partial charge on any atom is -0.496 e. The van der Waals surface area contributed by atoms with E-state index in [1.807, 2.05) is 0 Å². The number of rotatable bonds is 3. The standard InChI is InChI=1S/C14H16N2O4/c1-3-10-13(18)15-12(17)8-16(10)14(19)9-6-4-5-7-11(9)20-2/h4-7,10H,3,8H2,1-2H3,(H,15,17,18). The molecule has 1 fully saturated rings. The van der Waals surface area contributed by atoms with E-state index in [0.717, 1.165) is 0 Å². The van der Waals surface area contributed by atoms with Crippen LogP contribution in [0.5, 0.6) is 5.75 Å². The Labute approximate surface area is 116 Å². The normalized spacial score (nSPS) is 18.7. The van der Waals surface area contributed by atoms with Crippen LogP contribution in [-0.4, -0.2) is 42.3 Å². The number of carbonyl (C=O) groups excluding carboxylic acids is 3. The fourth-order valence-corrected chi connectivity index (χ4v) is 2.26. The van der Waals surface area contributed by atoms with Crippen molar-refractivity contribution >= 4 is 17.7 Å². The van der Waals surface area contributed by atoms with Gasteiger partial charge >= 0.3 is 0 Å². The predicted octanol–water partition coefficient (Wildman–Crippen LogP) is 0.572. The molecule has 2 rings (SSSR count). The Morgan fingerprint density at radius 3 is 2.75 bits per heavy atom. The number of imide groups is 1. The lowest BCUT2D eigenvalue weighted by Crippen LogP contribution is -2.59. The number of benzene rings is 1. The maximum absolute atomic E-state index is 12.6. The second-order valence-corrected chi connectivity index (χ2v) is 4.47. The quantitative estimate of drug-likeness (QED) is 0.819. The third-order valence-electron chi connectivity index (χ3n) is 3.24. The molecular formula is C14H16N2O4. The Morgan fingerprint density at radius 2 is 2.10 bits per heavy atom. The van der Waals surface area contributed by atoms with Gasteiger partial charge in [0.1, 0.15) is 18.3 Å². The van der Waals surface area contributed by atoms with E-state index >= 15 is 0 Å². The smallest absolute Gasteiger partial charge is 0.258 e. The monoisotopic (exact) mass is 276 g/mol. The number of methoxy groups -OCH3 is 1. The van der Waals surface area contributed by atoms with Crippen LogP contribution in [0, 0.1) is 0 Å². The molecule has 1 aromatic rings. The number of hydrogen-bond donors (Lipinski definition) is 1. The van der Waals surface area contributed by atoms with Gasteiger partial charge in [0, 0.05) is 0 Å². The van der Waals surface area contributed by atoms with E-state index in [0.29, 0.717) is 17.7 Å².